The highest BCUT2D eigenvalue weighted by Crippen LogP contribution is 2.44. The molecule has 1 aromatic carbocycles. The Hall–Kier alpha value is -1.00. The van der Waals surface area contributed by atoms with Crippen molar-refractivity contribution in [3.05, 3.63) is 35.4 Å². The zero-order chi connectivity index (χ0) is 12.7. The van der Waals surface area contributed by atoms with Crippen LogP contribution in [0.15, 0.2) is 18.2 Å². The molecule has 2 aliphatic rings. The Kier molecular flexibility index (Phi) is 3.08. The molecule has 0 amide bonds. The van der Waals surface area contributed by atoms with Gasteiger partial charge in [-0.05, 0) is 44.0 Å². The van der Waals surface area contributed by atoms with Crippen LogP contribution in [0.2, 0.25) is 0 Å². The molecule has 3 rings (SSSR count). The van der Waals surface area contributed by atoms with Gasteiger partial charge in [-0.2, -0.15) is 0 Å². The molecular weight excluding hydrogens is 236 g/mol. The predicted molar refractivity (Wildman–Crippen MR) is 64.2 cm³/mol. The topological polar surface area (TPSA) is 21.3 Å². The third-order valence-electron chi connectivity index (χ3n) is 4.19. The first-order chi connectivity index (χ1) is 8.69. The third kappa shape index (κ3) is 1.93. The Morgan fingerprint density at radius 2 is 2.11 bits per heavy atom. The van der Waals surface area contributed by atoms with Gasteiger partial charge >= 0.3 is 0 Å². The molecule has 1 N–H and O–H groups in total. The van der Waals surface area contributed by atoms with E-state index in [1.54, 1.807) is 6.07 Å². The molecule has 2 saturated heterocycles. The zero-order valence-corrected chi connectivity index (χ0v) is 10.3. The first kappa shape index (κ1) is 12.1. The maximum atomic E-state index is 13.3. The monoisotopic (exact) mass is 253 g/mol. The molecule has 0 aliphatic carbocycles. The fourth-order valence-electron chi connectivity index (χ4n) is 3.36. The molecule has 98 valence electrons. The van der Waals surface area contributed by atoms with E-state index in [0.717, 1.165) is 24.8 Å². The van der Waals surface area contributed by atoms with Crippen LogP contribution >= 0.6 is 0 Å². The van der Waals surface area contributed by atoms with Crippen molar-refractivity contribution in [3.63, 3.8) is 0 Å². The lowest BCUT2D eigenvalue weighted by atomic mass is 9.81. The lowest BCUT2D eigenvalue weighted by Gasteiger charge is -2.28. The summed E-state index contributed by atoms with van der Waals surface area (Å²) in [6, 6.07) is 4.19. The fourth-order valence-corrected chi connectivity index (χ4v) is 3.36. The van der Waals surface area contributed by atoms with Crippen LogP contribution in [-0.2, 0) is 4.74 Å². The van der Waals surface area contributed by atoms with Crippen LogP contribution in [0.5, 0.6) is 0 Å². The van der Waals surface area contributed by atoms with Gasteiger partial charge < -0.3 is 10.1 Å². The second kappa shape index (κ2) is 4.59. The van der Waals surface area contributed by atoms with E-state index in [1.165, 1.54) is 12.1 Å². The first-order valence-corrected chi connectivity index (χ1v) is 6.46. The molecule has 4 atom stereocenters. The van der Waals surface area contributed by atoms with Crippen LogP contribution in [0.4, 0.5) is 8.78 Å². The molecular formula is C14H17F2NO. The predicted octanol–water partition coefficient (Wildman–Crippen LogP) is 2.79. The van der Waals surface area contributed by atoms with Gasteiger partial charge in [-0.3, -0.25) is 0 Å². The Bertz CT molecular complexity index is 451. The average Bonchev–Trinajstić information content (AvgIpc) is 2.97. The van der Waals surface area contributed by atoms with Gasteiger partial charge in [-0.1, -0.05) is 6.07 Å². The number of benzene rings is 1. The number of ether oxygens (including phenoxy) is 1. The Morgan fingerprint density at radius 3 is 2.67 bits per heavy atom. The molecule has 4 heteroatoms. The number of hydrogen-bond acceptors (Lipinski definition) is 2. The molecule has 2 heterocycles. The molecule has 2 bridgehead atoms. The second-order valence-corrected chi connectivity index (χ2v) is 5.21. The van der Waals surface area contributed by atoms with Crippen molar-refractivity contribution in [3.8, 4) is 0 Å². The molecule has 0 saturated carbocycles. The van der Waals surface area contributed by atoms with Gasteiger partial charge in [-0.25, -0.2) is 8.78 Å². The summed E-state index contributed by atoms with van der Waals surface area (Å²) in [6.45, 7) is 0. The van der Waals surface area contributed by atoms with E-state index in [2.05, 4.69) is 5.32 Å². The average molecular weight is 253 g/mol. The van der Waals surface area contributed by atoms with Gasteiger partial charge in [-0.15, -0.1) is 0 Å². The molecule has 0 radical (unpaired) electrons. The van der Waals surface area contributed by atoms with E-state index in [-0.39, 0.29) is 12.1 Å². The van der Waals surface area contributed by atoms with Crippen molar-refractivity contribution >= 4 is 0 Å². The van der Waals surface area contributed by atoms with Crippen molar-refractivity contribution in [2.45, 2.75) is 37.5 Å². The van der Waals surface area contributed by atoms with Gasteiger partial charge in [0, 0.05) is 12.0 Å². The lowest BCUT2D eigenvalue weighted by molar-refractivity contribution is 0.0862. The third-order valence-corrected chi connectivity index (χ3v) is 4.19. The normalized spacial score (nSPS) is 31.8. The molecule has 0 spiro atoms. The Labute approximate surface area is 105 Å². The van der Waals surface area contributed by atoms with Gasteiger partial charge in [0.2, 0.25) is 0 Å². The summed E-state index contributed by atoms with van der Waals surface area (Å²) in [5, 5.41) is 3.22. The number of rotatable bonds is 3. The first-order valence-electron chi connectivity index (χ1n) is 6.46. The fraction of sp³-hybridized carbons (Fsp3) is 0.571. The van der Waals surface area contributed by atoms with Gasteiger partial charge in [0.25, 0.3) is 0 Å². The number of halogens is 2. The van der Waals surface area contributed by atoms with Crippen LogP contribution < -0.4 is 5.32 Å². The summed E-state index contributed by atoms with van der Waals surface area (Å²) in [4.78, 5) is 0. The molecule has 2 nitrogen and oxygen atoms in total. The zero-order valence-electron chi connectivity index (χ0n) is 10.3. The summed E-state index contributed by atoms with van der Waals surface area (Å²) in [5.41, 5.74) is 0.803. The largest absolute Gasteiger partial charge is 0.375 e. The molecule has 18 heavy (non-hydrogen) atoms. The van der Waals surface area contributed by atoms with Gasteiger partial charge in [0.1, 0.15) is 0 Å². The maximum Gasteiger partial charge on any atom is 0.159 e. The SMILES string of the molecule is CNC(c1ccc(F)c(F)c1)C1CC2CCC1O2. The minimum atomic E-state index is -0.794. The van der Waals surface area contributed by atoms with E-state index in [1.807, 2.05) is 7.05 Å². The van der Waals surface area contributed by atoms with E-state index < -0.39 is 11.6 Å². The quantitative estimate of drug-likeness (QED) is 0.894. The Balaban J connectivity index is 1.85. The Morgan fingerprint density at radius 1 is 1.28 bits per heavy atom. The van der Waals surface area contributed by atoms with Crippen LogP contribution in [0.1, 0.15) is 30.9 Å². The number of nitrogens with one attached hydrogen (secondary N) is 1. The van der Waals surface area contributed by atoms with E-state index >= 15 is 0 Å². The summed E-state index contributed by atoms with van der Waals surface area (Å²) in [7, 11) is 1.86. The van der Waals surface area contributed by atoms with Crippen LogP contribution in [0, 0.1) is 17.6 Å². The summed E-state index contributed by atoms with van der Waals surface area (Å²) in [6.07, 6.45) is 3.85. The van der Waals surface area contributed by atoms with Crippen LogP contribution in [-0.4, -0.2) is 19.3 Å². The van der Waals surface area contributed by atoms with Gasteiger partial charge in [0.05, 0.1) is 12.2 Å². The summed E-state index contributed by atoms with van der Waals surface area (Å²) in [5.74, 6) is -1.21. The van der Waals surface area contributed by atoms with E-state index in [0.29, 0.717) is 12.0 Å². The molecule has 2 aliphatic heterocycles. The van der Waals surface area contributed by atoms with E-state index in [9.17, 15) is 8.78 Å². The minimum Gasteiger partial charge on any atom is -0.375 e. The van der Waals surface area contributed by atoms with E-state index in [4.69, 9.17) is 4.74 Å². The highest BCUT2D eigenvalue weighted by atomic mass is 19.2. The van der Waals surface area contributed by atoms with Crippen LogP contribution in [0.25, 0.3) is 0 Å². The smallest absolute Gasteiger partial charge is 0.159 e. The molecule has 2 fully saturated rings. The van der Waals surface area contributed by atoms with Crippen molar-refractivity contribution in [1.29, 1.82) is 0 Å². The maximum absolute atomic E-state index is 13.3. The number of hydrogen-bond donors (Lipinski definition) is 1. The van der Waals surface area contributed by atoms with Crippen molar-refractivity contribution in [1.82, 2.24) is 5.32 Å². The van der Waals surface area contributed by atoms with Crippen LogP contribution in [0.3, 0.4) is 0 Å². The second-order valence-electron chi connectivity index (χ2n) is 5.21. The standard InChI is InChI=1S/C14H17F2NO/c1-17-14(8-2-4-11(15)12(16)6-8)10-7-9-3-5-13(10)18-9/h2,4,6,9-10,13-14,17H,3,5,7H2,1H3. The summed E-state index contributed by atoms with van der Waals surface area (Å²) >= 11 is 0. The minimum absolute atomic E-state index is 0.0374. The van der Waals surface area contributed by atoms with Crippen molar-refractivity contribution in [2.75, 3.05) is 7.05 Å². The highest BCUT2D eigenvalue weighted by molar-refractivity contribution is 5.23. The van der Waals surface area contributed by atoms with Crippen molar-refractivity contribution < 1.29 is 13.5 Å². The van der Waals surface area contributed by atoms with Gasteiger partial charge in [0.15, 0.2) is 11.6 Å². The summed E-state index contributed by atoms with van der Waals surface area (Å²) < 4.78 is 32.1. The highest BCUT2D eigenvalue weighted by Gasteiger charge is 2.44. The molecule has 4 unspecified atom stereocenters. The molecule has 1 aromatic rings. The molecule has 0 aromatic heterocycles. The number of fused-ring (bicyclic) bond motifs is 2. The lowest BCUT2D eigenvalue weighted by Crippen LogP contribution is -2.31. The van der Waals surface area contributed by atoms with Crippen molar-refractivity contribution in [2.24, 2.45) is 5.92 Å².